The average molecular weight is 561 g/mol. The Bertz CT molecular complexity index is 1370. The minimum absolute atomic E-state index is 0.550. The molecule has 2 N–H and O–H groups in total. The molecule has 0 saturated carbocycles. The second kappa shape index (κ2) is 10.6. The van der Waals surface area contributed by atoms with E-state index in [2.05, 4.69) is 32.9 Å². The van der Waals surface area contributed by atoms with Crippen molar-refractivity contribution in [3.63, 3.8) is 0 Å². The Morgan fingerprint density at radius 2 is 2.03 bits per heavy atom. The first kappa shape index (κ1) is 24.3. The van der Waals surface area contributed by atoms with Gasteiger partial charge in [-0.3, -0.25) is 4.79 Å². The fourth-order valence-electron chi connectivity index (χ4n) is 3.25. The molecule has 0 radical (unpaired) electrons. The van der Waals surface area contributed by atoms with Gasteiger partial charge >= 0.3 is 6.16 Å². The quantitative estimate of drug-likeness (QED) is 0.220. The highest BCUT2D eigenvalue weighted by atomic mass is 79.9. The molecule has 0 aliphatic rings. The highest BCUT2D eigenvalue weighted by Crippen LogP contribution is 2.43. The summed E-state index contributed by atoms with van der Waals surface area (Å²) in [5, 5.41) is 13.6. The SMILES string of the molecule is CCCOc1cc2sc(Sc3c(NC(=O)C(C)OC(=O)O)ccc4ccccc34)nc2cc1Br. The molecule has 4 rings (SSSR count). The van der Waals surface area contributed by atoms with Crippen LogP contribution in [0.2, 0.25) is 0 Å². The normalized spacial score (nSPS) is 12.0. The number of hydrogen-bond donors (Lipinski definition) is 2. The van der Waals surface area contributed by atoms with Crippen LogP contribution in [0.3, 0.4) is 0 Å². The van der Waals surface area contributed by atoms with Crippen LogP contribution in [-0.2, 0) is 9.53 Å². The summed E-state index contributed by atoms with van der Waals surface area (Å²) in [7, 11) is 0. The smallest absolute Gasteiger partial charge is 0.492 e. The Labute approximate surface area is 212 Å². The zero-order chi connectivity index (χ0) is 24.2. The molecule has 0 spiro atoms. The highest BCUT2D eigenvalue weighted by molar-refractivity contribution is 9.10. The zero-order valence-electron chi connectivity index (χ0n) is 18.3. The van der Waals surface area contributed by atoms with Crippen molar-refractivity contribution in [3.05, 3.63) is 53.0 Å². The lowest BCUT2D eigenvalue weighted by molar-refractivity contribution is -0.124. The fourth-order valence-corrected chi connectivity index (χ4v) is 5.94. The average Bonchev–Trinajstić information content (AvgIpc) is 3.19. The van der Waals surface area contributed by atoms with E-state index in [1.54, 1.807) is 6.07 Å². The molecule has 3 aromatic carbocycles. The van der Waals surface area contributed by atoms with Crippen LogP contribution in [0.15, 0.2) is 62.2 Å². The van der Waals surface area contributed by atoms with E-state index in [1.165, 1.54) is 30.0 Å². The first-order valence-corrected chi connectivity index (χ1v) is 12.9. The lowest BCUT2D eigenvalue weighted by Crippen LogP contribution is -2.29. The number of halogens is 1. The molecule has 1 amide bonds. The minimum atomic E-state index is -1.50. The van der Waals surface area contributed by atoms with E-state index < -0.39 is 18.2 Å². The molecule has 34 heavy (non-hydrogen) atoms. The van der Waals surface area contributed by atoms with Crippen LogP contribution in [0.5, 0.6) is 5.75 Å². The van der Waals surface area contributed by atoms with Gasteiger partial charge in [-0.1, -0.05) is 49.0 Å². The number of aromatic nitrogens is 1. The third-order valence-electron chi connectivity index (χ3n) is 4.86. The number of carboxylic acid groups (broad SMARTS) is 1. The van der Waals surface area contributed by atoms with Gasteiger partial charge in [0.05, 0.1) is 27.0 Å². The number of hydrogen-bond acceptors (Lipinski definition) is 7. The van der Waals surface area contributed by atoms with Crippen LogP contribution < -0.4 is 10.1 Å². The molecule has 0 aliphatic heterocycles. The summed E-state index contributed by atoms with van der Waals surface area (Å²) in [6, 6.07) is 15.5. The van der Waals surface area contributed by atoms with Crippen molar-refractivity contribution in [1.29, 1.82) is 0 Å². The lowest BCUT2D eigenvalue weighted by atomic mass is 10.1. The number of rotatable bonds is 8. The van der Waals surface area contributed by atoms with Crippen molar-refractivity contribution in [3.8, 4) is 5.75 Å². The first-order chi connectivity index (χ1) is 16.4. The molecule has 1 unspecified atom stereocenters. The summed E-state index contributed by atoms with van der Waals surface area (Å²) in [6.07, 6.45) is -1.73. The Hall–Kier alpha value is -2.82. The van der Waals surface area contributed by atoms with Crippen LogP contribution in [0.25, 0.3) is 21.0 Å². The van der Waals surface area contributed by atoms with E-state index in [1.807, 2.05) is 42.5 Å². The molecule has 1 atom stereocenters. The van der Waals surface area contributed by atoms with E-state index >= 15 is 0 Å². The number of ether oxygens (including phenoxy) is 2. The number of thiazole rings is 1. The van der Waals surface area contributed by atoms with Crippen LogP contribution in [0.1, 0.15) is 20.3 Å². The van der Waals surface area contributed by atoms with E-state index in [4.69, 9.17) is 14.8 Å². The number of benzene rings is 3. The van der Waals surface area contributed by atoms with Gasteiger partial charge in [-0.25, -0.2) is 9.78 Å². The number of amides is 1. The number of carbonyl (C=O) groups is 2. The molecule has 0 aliphatic carbocycles. The third-order valence-corrected chi connectivity index (χ3v) is 7.70. The molecule has 0 fully saturated rings. The molecule has 176 valence electrons. The van der Waals surface area contributed by atoms with Crippen LogP contribution in [0, 0.1) is 0 Å². The second-order valence-corrected chi connectivity index (χ2v) is 10.5. The van der Waals surface area contributed by atoms with Gasteiger partial charge in [0.25, 0.3) is 5.91 Å². The summed E-state index contributed by atoms with van der Waals surface area (Å²) >= 11 is 6.54. The van der Waals surface area contributed by atoms with Gasteiger partial charge in [0.2, 0.25) is 0 Å². The molecule has 4 aromatic rings. The topological polar surface area (TPSA) is 97.8 Å². The summed E-state index contributed by atoms with van der Waals surface area (Å²) in [5.74, 6) is 0.227. The van der Waals surface area contributed by atoms with Gasteiger partial charge in [0, 0.05) is 11.0 Å². The van der Waals surface area contributed by atoms with E-state index in [-0.39, 0.29) is 0 Å². The zero-order valence-corrected chi connectivity index (χ0v) is 21.6. The molecule has 1 heterocycles. The Morgan fingerprint density at radius 1 is 1.24 bits per heavy atom. The predicted molar refractivity (Wildman–Crippen MR) is 138 cm³/mol. The second-order valence-electron chi connectivity index (χ2n) is 7.36. The maximum atomic E-state index is 12.5. The van der Waals surface area contributed by atoms with Crippen molar-refractivity contribution >= 4 is 77.8 Å². The standard InChI is InChI=1S/C24H21BrN2O5S2/c1-3-10-31-19-12-20-18(11-16(19)25)27-23(33-20)34-21-15-7-5-4-6-14(15)8-9-17(21)26-22(28)13(2)32-24(29)30/h4-9,11-13H,3,10H2,1-2H3,(H,26,28)(H,29,30). The van der Waals surface area contributed by atoms with Crippen molar-refractivity contribution in [2.24, 2.45) is 0 Å². The van der Waals surface area contributed by atoms with Crippen molar-refractivity contribution in [2.75, 3.05) is 11.9 Å². The van der Waals surface area contributed by atoms with E-state index in [9.17, 15) is 9.59 Å². The number of carbonyl (C=O) groups excluding carboxylic acids is 1. The number of anilines is 1. The molecule has 0 bridgehead atoms. The minimum Gasteiger partial charge on any atom is -0.492 e. The predicted octanol–water partition coefficient (Wildman–Crippen LogP) is 7.17. The number of nitrogens with zero attached hydrogens (tertiary/aromatic N) is 1. The van der Waals surface area contributed by atoms with Crippen molar-refractivity contribution < 1.29 is 24.2 Å². The third kappa shape index (κ3) is 5.45. The number of nitrogens with one attached hydrogen (secondary N) is 1. The van der Waals surface area contributed by atoms with Gasteiger partial charge in [-0.2, -0.15) is 0 Å². The maximum absolute atomic E-state index is 12.5. The Morgan fingerprint density at radius 3 is 2.79 bits per heavy atom. The van der Waals surface area contributed by atoms with Gasteiger partial charge in [-0.15, -0.1) is 11.3 Å². The monoisotopic (exact) mass is 560 g/mol. The van der Waals surface area contributed by atoms with Gasteiger partial charge in [-0.05, 0) is 52.2 Å². The van der Waals surface area contributed by atoms with Crippen LogP contribution >= 0.6 is 39.0 Å². The van der Waals surface area contributed by atoms with E-state index in [0.717, 1.165) is 46.9 Å². The summed E-state index contributed by atoms with van der Waals surface area (Å²) in [6.45, 7) is 4.08. The summed E-state index contributed by atoms with van der Waals surface area (Å²) in [5.41, 5.74) is 1.40. The Kier molecular flexibility index (Phi) is 7.60. The van der Waals surface area contributed by atoms with E-state index in [0.29, 0.717) is 12.3 Å². The van der Waals surface area contributed by atoms with Crippen molar-refractivity contribution in [2.45, 2.75) is 35.6 Å². The molecule has 1 aromatic heterocycles. The molecular formula is C24H21BrN2O5S2. The molecule has 10 heteroatoms. The highest BCUT2D eigenvalue weighted by Gasteiger charge is 2.20. The molecule has 7 nitrogen and oxygen atoms in total. The molecular weight excluding hydrogens is 540 g/mol. The largest absolute Gasteiger partial charge is 0.506 e. The van der Waals surface area contributed by atoms with Gasteiger partial charge in [0.1, 0.15) is 5.75 Å². The van der Waals surface area contributed by atoms with Gasteiger partial charge in [0.15, 0.2) is 10.4 Å². The Balaban J connectivity index is 1.70. The molecule has 0 saturated heterocycles. The first-order valence-electron chi connectivity index (χ1n) is 10.5. The summed E-state index contributed by atoms with van der Waals surface area (Å²) in [4.78, 5) is 29.0. The summed E-state index contributed by atoms with van der Waals surface area (Å²) < 4.78 is 13.0. The number of fused-ring (bicyclic) bond motifs is 2. The van der Waals surface area contributed by atoms with Crippen LogP contribution in [-0.4, -0.2) is 34.9 Å². The fraction of sp³-hybridized carbons (Fsp3) is 0.208. The maximum Gasteiger partial charge on any atom is 0.506 e. The van der Waals surface area contributed by atoms with Crippen molar-refractivity contribution in [1.82, 2.24) is 4.98 Å². The lowest BCUT2D eigenvalue weighted by Gasteiger charge is -2.15. The van der Waals surface area contributed by atoms with Gasteiger partial charge < -0.3 is 19.9 Å². The van der Waals surface area contributed by atoms with Crippen LogP contribution in [0.4, 0.5) is 10.5 Å².